The topological polar surface area (TPSA) is 20.3 Å². The van der Waals surface area contributed by atoms with Gasteiger partial charge in [0.2, 0.25) is 0 Å². The highest BCUT2D eigenvalue weighted by atomic mass is 19.1. The van der Waals surface area contributed by atoms with E-state index in [0.717, 1.165) is 12.0 Å². The highest BCUT2D eigenvalue weighted by Gasteiger charge is 2.13. The molecule has 0 aliphatic carbocycles. The van der Waals surface area contributed by atoms with Crippen LogP contribution in [0.3, 0.4) is 0 Å². The molecule has 0 aromatic heterocycles. The van der Waals surface area contributed by atoms with Gasteiger partial charge in [-0.15, -0.1) is 0 Å². The summed E-state index contributed by atoms with van der Waals surface area (Å²) in [6, 6.07) is 14.0. The van der Waals surface area contributed by atoms with Crippen LogP contribution in [-0.2, 0) is 13.0 Å². The lowest BCUT2D eigenvalue weighted by Crippen LogP contribution is -2.26. The van der Waals surface area contributed by atoms with Crippen molar-refractivity contribution in [2.75, 3.05) is 7.05 Å². The van der Waals surface area contributed by atoms with Crippen molar-refractivity contribution in [2.45, 2.75) is 26.8 Å². The number of halogens is 1. The van der Waals surface area contributed by atoms with E-state index in [4.69, 9.17) is 0 Å². The number of nitrogens with zero attached hydrogens (tertiary/aromatic N) is 1. The summed E-state index contributed by atoms with van der Waals surface area (Å²) in [5.41, 5.74) is 2.79. The second kappa shape index (κ2) is 7.21. The maximum absolute atomic E-state index is 12.9. The largest absolute Gasteiger partial charge is 0.337 e. The summed E-state index contributed by atoms with van der Waals surface area (Å²) in [5, 5.41) is 0. The van der Waals surface area contributed by atoms with Crippen LogP contribution >= 0.6 is 0 Å². The molecule has 116 valence electrons. The Balaban J connectivity index is 2.08. The lowest BCUT2D eigenvalue weighted by atomic mass is 10.0. The fourth-order valence-corrected chi connectivity index (χ4v) is 2.46. The first kappa shape index (κ1) is 16.2. The van der Waals surface area contributed by atoms with E-state index in [2.05, 4.69) is 19.9 Å². The van der Waals surface area contributed by atoms with E-state index in [1.165, 1.54) is 17.7 Å². The molecular weight excluding hydrogens is 277 g/mol. The number of amides is 1. The van der Waals surface area contributed by atoms with Crippen LogP contribution in [0.1, 0.15) is 35.3 Å². The molecular formula is C19H22FNO. The van der Waals surface area contributed by atoms with Gasteiger partial charge in [0.25, 0.3) is 5.91 Å². The second-order valence-corrected chi connectivity index (χ2v) is 6.09. The highest BCUT2D eigenvalue weighted by Crippen LogP contribution is 2.14. The molecule has 0 N–H and O–H groups in total. The van der Waals surface area contributed by atoms with E-state index in [-0.39, 0.29) is 11.7 Å². The highest BCUT2D eigenvalue weighted by molar-refractivity contribution is 5.94. The van der Waals surface area contributed by atoms with Gasteiger partial charge < -0.3 is 4.90 Å². The first-order valence-electron chi connectivity index (χ1n) is 7.54. The number of rotatable bonds is 5. The van der Waals surface area contributed by atoms with E-state index in [1.807, 2.05) is 18.2 Å². The minimum Gasteiger partial charge on any atom is -0.337 e. The zero-order chi connectivity index (χ0) is 16.1. The van der Waals surface area contributed by atoms with E-state index in [1.54, 1.807) is 24.1 Å². The molecule has 0 bridgehead atoms. The predicted octanol–water partition coefficient (Wildman–Crippen LogP) is 4.30. The number of carbonyl (C=O) groups is 1. The molecule has 1 amide bonds. The van der Waals surface area contributed by atoms with Crippen LogP contribution in [-0.4, -0.2) is 17.9 Å². The van der Waals surface area contributed by atoms with Crippen LogP contribution in [0.25, 0.3) is 0 Å². The maximum Gasteiger partial charge on any atom is 0.253 e. The molecule has 0 aliphatic heterocycles. The average Bonchev–Trinajstić information content (AvgIpc) is 2.48. The fraction of sp³-hybridized carbons (Fsp3) is 0.316. The van der Waals surface area contributed by atoms with Crippen LogP contribution in [0.15, 0.2) is 48.5 Å². The van der Waals surface area contributed by atoms with Crippen LogP contribution in [0.5, 0.6) is 0 Å². The molecule has 2 rings (SSSR count). The second-order valence-electron chi connectivity index (χ2n) is 6.09. The lowest BCUT2D eigenvalue weighted by Gasteiger charge is -2.18. The number of hydrogen-bond acceptors (Lipinski definition) is 1. The van der Waals surface area contributed by atoms with Crippen LogP contribution in [0, 0.1) is 11.7 Å². The fourth-order valence-electron chi connectivity index (χ4n) is 2.46. The summed E-state index contributed by atoms with van der Waals surface area (Å²) in [6.45, 7) is 4.79. The maximum atomic E-state index is 12.9. The Morgan fingerprint density at radius 2 is 1.77 bits per heavy atom. The Morgan fingerprint density at radius 3 is 2.41 bits per heavy atom. The van der Waals surface area contributed by atoms with Crippen LogP contribution in [0.4, 0.5) is 4.39 Å². The van der Waals surface area contributed by atoms with E-state index in [0.29, 0.717) is 18.0 Å². The minimum atomic E-state index is -0.265. The van der Waals surface area contributed by atoms with Gasteiger partial charge in [-0.05, 0) is 47.7 Å². The molecule has 0 aliphatic rings. The van der Waals surface area contributed by atoms with Gasteiger partial charge in [0.1, 0.15) is 5.82 Å². The Kier molecular flexibility index (Phi) is 5.31. The third-order valence-corrected chi connectivity index (χ3v) is 3.50. The zero-order valence-electron chi connectivity index (χ0n) is 13.3. The van der Waals surface area contributed by atoms with Gasteiger partial charge in [-0.2, -0.15) is 0 Å². The molecule has 2 nitrogen and oxygen atoms in total. The molecule has 3 heteroatoms. The van der Waals surface area contributed by atoms with Gasteiger partial charge >= 0.3 is 0 Å². The van der Waals surface area contributed by atoms with Crippen molar-refractivity contribution >= 4 is 5.91 Å². The Morgan fingerprint density at radius 1 is 1.09 bits per heavy atom. The first-order valence-corrected chi connectivity index (χ1v) is 7.54. The van der Waals surface area contributed by atoms with Crippen molar-refractivity contribution in [1.29, 1.82) is 0 Å². The third-order valence-electron chi connectivity index (χ3n) is 3.50. The quantitative estimate of drug-likeness (QED) is 0.806. The Labute approximate surface area is 131 Å². The molecule has 0 saturated heterocycles. The van der Waals surface area contributed by atoms with Gasteiger partial charge in [0.05, 0.1) is 0 Å². The lowest BCUT2D eigenvalue weighted by molar-refractivity contribution is 0.0785. The molecule has 2 aromatic carbocycles. The van der Waals surface area contributed by atoms with Crippen LogP contribution < -0.4 is 0 Å². The summed E-state index contributed by atoms with van der Waals surface area (Å²) in [6.07, 6.45) is 0.961. The van der Waals surface area contributed by atoms with Gasteiger partial charge in [0, 0.05) is 19.2 Å². The van der Waals surface area contributed by atoms with E-state index >= 15 is 0 Å². The molecule has 0 saturated carbocycles. The first-order chi connectivity index (χ1) is 10.5. The average molecular weight is 299 g/mol. The molecule has 2 aromatic rings. The summed E-state index contributed by atoms with van der Waals surface area (Å²) < 4.78 is 12.9. The van der Waals surface area contributed by atoms with E-state index in [9.17, 15) is 9.18 Å². The number of benzene rings is 2. The normalized spacial score (nSPS) is 10.8. The summed E-state index contributed by atoms with van der Waals surface area (Å²) in [7, 11) is 1.76. The third kappa shape index (κ3) is 4.42. The Bertz CT molecular complexity index is 634. The van der Waals surface area contributed by atoms with Crippen molar-refractivity contribution in [1.82, 2.24) is 4.90 Å². The van der Waals surface area contributed by atoms with Gasteiger partial charge in [-0.25, -0.2) is 4.39 Å². The van der Waals surface area contributed by atoms with E-state index < -0.39 is 0 Å². The number of carbonyl (C=O) groups excluding carboxylic acids is 1. The molecule has 0 radical (unpaired) electrons. The van der Waals surface area contributed by atoms with Gasteiger partial charge in [-0.1, -0.05) is 38.1 Å². The molecule has 0 heterocycles. The minimum absolute atomic E-state index is 0.0186. The molecule has 0 atom stereocenters. The Hall–Kier alpha value is -2.16. The molecule has 0 fully saturated rings. The van der Waals surface area contributed by atoms with Crippen molar-refractivity contribution in [3.05, 3.63) is 71.0 Å². The van der Waals surface area contributed by atoms with Crippen molar-refractivity contribution in [2.24, 2.45) is 5.92 Å². The monoisotopic (exact) mass is 299 g/mol. The van der Waals surface area contributed by atoms with Gasteiger partial charge in [0.15, 0.2) is 0 Å². The predicted molar refractivity (Wildman–Crippen MR) is 87.2 cm³/mol. The summed E-state index contributed by atoms with van der Waals surface area (Å²) in [4.78, 5) is 14.2. The number of hydrogen-bond donors (Lipinski definition) is 0. The molecule has 0 unspecified atom stereocenters. The summed E-state index contributed by atoms with van der Waals surface area (Å²) in [5.74, 6) is 0.274. The standard InChI is InChI=1S/C19H22FNO/c1-14(2)11-16-5-4-6-17(12-16)19(22)21(3)13-15-7-9-18(20)10-8-15/h4-10,12,14H,11,13H2,1-3H3. The van der Waals surface area contributed by atoms with Crippen molar-refractivity contribution in [3.8, 4) is 0 Å². The smallest absolute Gasteiger partial charge is 0.253 e. The molecule has 22 heavy (non-hydrogen) atoms. The van der Waals surface area contributed by atoms with Gasteiger partial charge in [-0.3, -0.25) is 4.79 Å². The van der Waals surface area contributed by atoms with Crippen molar-refractivity contribution in [3.63, 3.8) is 0 Å². The summed E-state index contributed by atoms with van der Waals surface area (Å²) >= 11 is 0. The van der Waals surface area contributed by atoms with Crippen LogP contribution in [0.2, 0.25) is 0 Å². The SMILES string of the molecule is CC(C)Cc1cccc(C(=O)N(C)Cc2ccc(F)cc2)c1. The van der Waals surface area contributed by atoms with Crippen molar-refractivity contribution < 1.29 is 9.18 Å². The zero-order valence-corrected chi connectivity index (χ0v) is 13.3. The molecule has 0 spiro atoms.